The van der Waals surface area contributed by atoms with Crippen molar-refractivity contribution in [3.63, 3.8) is 0 Å². The lowest BCUT2D eigenvalue weighted by Gasteiger charge is -2.23. The minimum absolute atomic E-state index is 0.149. The molecule has 0 aliphatic carbocycles. The molecule has 0 N–H and O–H groups in total. The Bertz CT molecular complexity index is 234. The van der Waals surface area contributed by atoms with Crippen LogP contribution in [0.2, 0.25) is 0 Å². The fourth-order valence-corrected chi connectivity index (χ4v) is 1.04. The second kappa shape index (κ2) is 3.72. The highest BCUT2D eigenvalue weighted by atomic mass is 16.5. The van der Waals surface area contributed by atoms with Crippen LogP contribution in [0.15, 0.2) is 0 Å². The van der Waals surface area contributed by atoms with Gasteiger partial charge in [-0.1, -0.05) is 0 Å². The number of carbonyl (C=O) groups is 2. The van der Waals surface area contributed by atoms with Crippen molar-refractivity contribution in [2.75, 3.05) is 13.1 Å². The predicted molar refractivity (Wildman–Crippen MR) is 37.9 cm³/mol. The van der Waals surface area contributed by atoms with Crippen LogP contribution in [-0.4, -0.2) is 29.9 Å². The summed E-state index contributed by atoms with van der Waals surface area (Å²) in [5.74, 6) is 0.149. The summed E-state index contributed by atoms with van der Waals surface area (Å²) in [6.07, 6.45) is 1.36. The second-order valence-corrected chi connectivity index (χ2v) is 2.48. The van der Waals surface area contributed by atoms with Crippen molar-refractivity contribution in [2.45, 2.75) is 12.8 Å². The van der Waals surface area contributed by atoms with Crippen LogP contribution in [0.25, 0.3) is 0 Å². The highest BCUT2D eigenvalue weighted by molar-refractivity contribution is 5.81. The van der Waals surface area contributed by atoms with Crippen molar-refractivity contribution in [2.24, 2.45) is 0 Å². The third kappa shape index (κ3) is 1.95. The van der Waals surface area contributed by atoms with E-state index in [1.807, 2.05) is 0 Å². The number of rotatable bonds is 0. The van der Waals surface area contributed by atoms with Gasteiger partial charge < -0.3 is 9.64 Å². The van der Waals surface area contributed by atoms with Crippen molar-refractivity contribution in [1.29, 1.82) is 5.26 Å². The molecule has 12 heavy (non-hydrogen) atoms. The van der Waals surface area contributed by atoms with Crippen molar-refractivity contribution in [1.82, 2.24) is 4.90 Å². The molecule has 1 rings (SSSR count). The van der Waals surface area contributed by atoms with E-state index in [9.17, 15) is 9.59 Å². The summed E-state index contributed by atoms with van der Waals surface area (Å²) in [6, 6.07) is 0. The molecule has 1 fully saturated rings. The normalized spacial score (nSPS) is 16.9. The molecule has 0 aromatic rings. The molecule has 1 amide bonds. The molecule has 5 nitrogen and oxygen atoms in total. The van der Waals surface area contributed by atoms with Gasteiger partial charge in [-0.05, 0) is 0 Å². The largest absolute Gasteiger partial charge is 0.425 e. The lowest BCUT2D eigenvalue weighted by molar-refractivity contribution is -0.121. The summed E-state index contributed by atoms with van der Waals surface area (Å²) in [4.78, 5) is 23.0. The van der Waals surface area contributed by atoms with E-state index in [1.54, 1.807) is 0 Å². The van der Waals surface area contributed by atoms with Gasteiger partial charge in [0.2, 0.25) is 0 Å². The zero-order valence-electron chi connectivity index (χ0n) is 6.45. The molecule has 1 saturated heterocycles. The molecule has 0 atom stereocenters. The average Bonchev–Trinajstić information content (AvgIpc) is 2.06. The number of ether oxygens (including phenoxy) is 1. The molecule has 0 saturated carbocycles. The predicted octanol–water partition coefficient (Wildman–Crippen LogP) is 0.269. The molecular weight excluding hydrogens is 160 g/mol. The Morgan fingerprint density at radius 1 is 1.50 bits per heavy atom. The van der Waals surface area contributed by atoms with Gasteiger partial charge in [0, 0.05) is 25.9 Å². The molecule has 0 spiro atoms. The van der Waals surface area contributed by atoms with Gasteiger partial charge in [0.05, 0.1) is 0 Å². The van der Waals surface area contributed by atoms with Crippen LogP contribution in [0.3, 0.4) is 0 Å². The SMILES string of the molecule is N#COC(=O)N1CCC(=O)CC1. The zero-order chi connectivity index (χ0) is 8.97. The first-order valence-corrected chi connectivity index (χ1v) is 3.60. The summed E-state index contributed by atoms with van der Waals surface area (Å²) in [6.45, 7) is 0.721. The maximum atomic E-state index is 10.9. The highest BCUT2D eigenvalue weighted by Gasteiger charge is 2.21. The van der Waals surface area contributed by atoms with Crippen LogP contribution >= 0.6 is 0 Å². The first kappa shape index (κ1) is 8.53. The Morgan fingerprint density at radius 3 is 2.58 bits per heavy atom. The molecule has 64 valence electrons. The summed E-state index contributed by atoms with van der Waals surface area (Å²) in [5.41, 5.74) is 0. The van der Waals surface area contributed by atoms with Gasteiger partial charge in [0.15, 0.2) is 0 Å². The highest BCUT2D eigenvalue weighted by Crippen LogP contribution is 2.06. The van der Waals surface area contributed by atoms with Crippen LogP contribution in [-0.2, 0) is 9.53 Å². The van der Waals surface area contributed by atoms with Gasteiger partial charge in [0.25, 0.3) is 6.26 Å². The molecule has 1 aliphatic heterocycles. The van der Waals surface area contributed by atoms with Crippen LogP contribution in [0.5, 0.6) is 0 Å². The summed E-state index contributed by atoms with van der Waals surface area (Å²) in [7, 11) is 0. The number of ketones is 1. The fourth-order valence-electron chi connectivity index (χ4n) is 1.04. The van der Waals surface area contributed by atoms with Crippen LogP contribution < -0.4 is 0 Å². The van der Waals surface area contributed by atoms with Gasteiger partial charge >= 0.3 is 6.09 Å². The molecule has 0 radical (unpaired) electrons. The Morgan fingerprint density at radius 2 is 2.08 bits per heavy atom. The van der Waals surface area contributed by atoms with Gasteiger partial charge in [-0.25, -0.2) is 4.79 Å². The number of amides is 1. The number of hydrogen-bond donors (Lipinski definition) is 0. The number of nitriles is 1. The lowest BCUT2D eigenvalue weighted by Crippen LogP contribution is -2.38. The maximum Gasteiger partial charge on any atom is 0.425 e. The van der Waals surface area contributed by atoms with Gasteiger partial charge in [-0.3, -0.25) is 4.79 Å². The molecule has 0 bridgehead atoms. The van der Waals surface area contributed by atoms with Crippen LogP contribution in [0.1, 0.15) is 12.8 Å². The smallest absolute Gasteiger partial charge is 0.333 e. The van der Waals surface area contributed by atoms with Gasteiger partial charge in [-0.15, -0.1) is 5.26 Å². The van der Waals surface area contributed by atoms with Gasteiger partial charge in [-0.2, -0.15) is 0 Å². The van der Waals surface area contributed by atoms with E-state index >= 15 is 0 Å². The number of Topliss-reactive ketones (excluding diaryl/α,β-unsaturated/α-hetero) is 1. The van der Waals surface area contributed by atoms with Crippen LogP contribution in [0.4, 0.5) is 4.79 Å². The van der Waals surface area contributed by atoms with Crippen LogP contribution in [0, 0.1) is 11.5 Å². The first-order chi connectivity index (χ1) is 5.74. The Kier molecular flexibility index (Phi) is 2.64. The number of nitrogens with zero attached hydrogens (tertiary/aromatic N) is 2. The molecule has 0 aromatic heterocycles. The molecule has 0 aromatic carbocycles. The number of carbonyl (C=O) groups excluding carboxylic acids is 2. The molecule has 0 unspecified atom stereocenters. The summed E-state index contributed by atoms with van der Waals surface area (Å²) >= 11 is 0. The number of likely N-dealkylation sites (tertiary alicyclic amines) is 1. The van der Waals surface area contributed by atoms with Crippen molar-refractivity contribution < 1.29 is 14.3 Å². The van der Waals surface area contributed by atoms with E-state index in [2.05, 4.69) is 4.74 Å². The number of piperidine rings is 1. The number of hydrogen-bond acceptors (Lipinski definition) is 4. The standard InChI is InChI=1S/C7H8N2O3/c8-5-12-7(11)9-3-1-6(10)2-4-9/h1-4H2. The summed E-state index contributed by atoms with van der Waals surface area (Å²) in [5, 5.41) is 8.03. The van der Waals surface area contributed by atoms with E-state index in [1.165, 1.54) is 11.2 Å². The third-order valence-corrected chi connectivity index (χ3v) is 1.71. The molecule has 5 heteroatoms. The molecule has 1 aliphatic rings. The first-order valence-electron chi connectivity index (χ1n) is 3.60. The quantitative estimate of drug-likeness (QED) is 0.487. The molecular formula is C7H8N2O3. The topological polar surface area (TPSA) is 70.4 Å². The van der Waals surface area contributed by atoms with Crippen molar-refractivity contribution in [3.8, 4) is 6.26 Å². The fraction of sp³-hybridized carbons (Fsp3) is 0.571. The van der Waals surface area contributed by atoms with E-state index in [0.717, 1.165) is 0 Å². The monoisotopic (exact) mass is 168 g/mol. The van der Waals surface area contributed by atoms with E-state index < -0.39 is 6.09 Å². The Balaban J connectivity index is 2.40. The lowest BCUT2D eigenvalue weighted by atomic mass is 10.1. The minimum atomic E-state index is -0.662. The van der Waals surface area contributed by atoms with Crippen molar-refractivity contribution >= 4 is 11.9 Å². The summed E-state index contributed by atoms with van der Waals surface area (Å²) < 4.78 is 4.10. The second-order valence-electron chi connectivity index (χ2n) is 2.48. The zero-order valence-corrected chi connectivity index (χ0v) is 6.45. The molecule has 1 heterocycles. The minimum Gasteiger partial charge on any atom is -0.333 e. The Hall–Kier alpha value is -1.57. The van der Waals surface area contributed by atoms with E-state index in [4.69, 9.17) is 5.26 Å². The Labute approximate surface area is 69.5 Å². The maximum absolute atomic E-state index is 10.9. The van der Waals surface area contributed by atoms with Gasteiger partial charge in [0.1, 0.15) is 5.78 Å². The third-order valence-electron chi connectivity index (χ3n) is 1.71. The van der Waals surface area contributed by atoms with Crippen molar-refractivity contribution in [3.05, 3.63) is 0 Å². The van der Waals surface area contributed by atoms with E-state index in [0.29, 0.717) is 25.9 Å². The van der Waals surface area contributed by atoms with E-state index in [-0.39, 0.29) is 5.78 Å². The average molecular weight is 168 g/mol.